The Morgan fingerprint density at radius 2 is 2.06 bits per heavy atom. The SMILES string of the molecule is CC1(C)CCN(c2nccc(C#N)c2Cl)CC1. The van der Waals surface area contributed by atoms with E-state index >= 15 is 0 Å². The molecule has 0 amide bonds. The summed E-state index contributed by atoms with van der Waals surface area (Å²) in [4.78, 5) is 6.48. The van der Waals surface area contributed by atoms with Crippen LogP contribution in [0.5, 0.6) is 0 Å². The summed E-state index contributed by atoms with van der Waals surface area (Å²) in [6, 6.07) is 3.74. The zero-order valence-corrected chi connectivity index (χ0v) is 11.0. The van der Waals surface area contributed by atoms with Gasteiger partial charge in [0, 0.05) is 19.3 Å². The highest BCUT2D eigenvalue weighted by molar-refractivity contribution is 6.34. The lowest BCUT2D eigenvalue weighted by molar-refractivity contribution is 0.279. The molecule has 0 saturated carbocycles. The monoisotopic (exact) mass is 249 g/mol. The highest BCUT2D eigenvalue weighted by Crippen LogP contribution is 2.34. The van der Waals surface area contributed by atoms with Crippen LogP contribution >= 0.6 is 11.6 Å². The fourth-order valence-corrected chi connectivity index (χ4v) is 2.34. The Labute approximate surface area is 107 Å². The standard InChI is InChI=1S/C13H16ClN3/c1-13(2)4-7-17(8-5-13)12-11(14)10(9-15)3-6-16-12/h3,6H,4-5,7-8H2,1-2H3. The maximum absolute atomic E-state index is 8.94. The first-order valence-electron chi connectivity index (χ1n) is 5.83. The van der Waals surface area contributed by atoms with Crippen LogP contribution in [-0.2, 0) is 0 Å². The third kappa shape index (κ3) is 2.53. The molecule has 4 heteroatoms. The average molecular weight is 250 g/mol. The molecule has 0 unspecified atom stereocenters. The maximum Gasteiger partial charge on any atom is 0.148 e. The van der Waals surface area contributed by atoms with E-state index in [1.165, 1.54) is 0 Å². The largest absolute Gasteiger partial charge is 0.355 e. The molecule has 1 aliphatic rings. The molecule has 0 radical (unpaired) electrons. The van der Waals surface area contributed by atoms with Gasteiger partial charge in [0.05, 0.1) is 5.56 Å². The van der Waals surface area contributed by atoms with E-state index in [2.05, 4.69) is 29.8 Å². The number of hydrogen-bond donors (Lipinski definition) is 0. The molecule has 90 valence electrons. The van der Waals surface area contributed by atoms with Gasteiger partial charge in [0.25, 0.3) is 0 Å². The second-order valence-corrected chi connectivity index (χ2v) is 5.64. The van der Waals surface area contributed by atoms with Crippen LogP contribution in [0.1, 0.15) is 32.3 Å². The van der Waals surface area contributed by atoms with Crippen molar-refractivity contribution in [3.63, 3.8) is 0 Å². The van der Waals surface area contributed by atoms with E-state index in [9.17, 15) is 0 Å². The van der Waals surface area contributed by atoms with E-state index in [4.69, 9.17) is 16.9 Å². The second kappa shape index (κ2) is 4.54. The smallest absolute Gasteiger partial charge is 0.148 e. The number of nitrogens with zero attached hydrogens (tertiary/aromatic N) is 3. The number of aromatic nitrogens is 1. The first kappa shape index (κ1) is 12.2. The summed E-state index contributed by atoms with van der Waals surface area (Å²) < 4.78 is 0. The van der Waals surface area contributed by atoms with Crippen molar-refractivity contribution in [3.05, 3.63) is 22.8 Å². The number of hydrogen-bond acceptors (Lipinski definition) is 3. The molecule has 1 aromatic rings. The lowest BCUT2D eigenvalue weighted by atomic mass is 9.83. The maximum atomic E-state index is 8.94. The zero-order chi connectivity index (χ0) is 12.5. The van der Waals surface area contributed by atoms with Gasteiger partial charge in [-0.3, -0.25) is 0 Å². The van der Waals surface area contributed by atoms with E-state index in [1.54, 1.807) is 12.3 Å². The summed E-state index contributed by atoms with van der Waals surface area (Å²) in [6.45, 7) is 6.47. The summed E-state index contributed by atoms with van der Waals surface area (Å²) >= 11 is 6.19. The number of pyridine rings is 1. The van der Waals surface area contributed by atoms with Crippen molar-refractivity contribution < 1.29 is 0 Å². The molecule has 2 heterocycles. The average Bonchev–Trinajstić information content (AvgIpc) is 2.30. The van der Waals surface area contributed by atoms with Gasteiger partial charge < -0.3 is 4.90 Å². The van der Waals surface area contributed by atoms with Crippen molar-refractivity contribution in [1.29, 1.82) is 5.26 Å². The van der Waals surface area contributed by atoms with E-state index in [1.807, 2.05) is 0 Å². The minimum absolute atomic E-state index is 0.399. The summed E-state index contributed by atoms with van der Waals surface area (Å²) in [5.41, 5.74) is 0.900. The Morgan fingerprint density at radius 3 is 2.65 bits per heavy atom. The first-order valence-corrected chi connectivity index (χ1v) is 6.21. The zero-order valence-electron chi connectivity index (χ0n) is 10.2. The third-order valence-corrected chi connectivity index (χ3v) is 3.78. The molecular formula is C13H16ClN3. The van der Waals surface area contributed by atoms with Crippen molar-refractivity contribution in [2.75, 3.05) is 18.0 Å². The van der Waals surface area contributed by atoms with Crippen LogP contribution in [0.4, 0.5) is 5.82 Å². The molecule has 1 saturated heterocycles. The van der Waals surface area contributed by atoms with E-state index in [0.717, 1.165) is 31.7 Å². The third-order valence-electron chi connectivity index (χ3n) is 3.41. The highest BCUT2D eigenvalue weighted by Gasteiger charge is 2.27. The molecule has 1 aromatic heterocycles. The normalized spacial score (nSPS) is 18.8. The molecular weight excluding hydrogens is 234 g/mol. The van der Waals surface area contributed by atoms with Crippen LogP contribution in [0.2, 0.25) is 5.02 Å². The van der Waals surface area contributed by atoms with Gasteiger partial charge in [-0.1, -0.05) is 25.4 Å². The number of piperidine rings is 1. The van der Waals surface area contributed by atoms with Crippen LogP contribution < -0.4 is 4.90 Å². The van der Waals surface area contributed by atoms with Crippen LogP contribution in [0, 0.1) is 16.7 Å². The van der Waals surface area contributed by atoms with Gasteiger partial charge in [-0.2, -0.15) is 5.26 Å². The molecule has 0 aliphatic carbocycles. The molecule has 0 spiro atoms. The van der Waals surface area contributed by atoms with Crippen molar-refractivity contribution in [2.24, 2.45) is 5.41 Å². The van der Waals surface area contributed by atoms with Gasteiger partial charge >= 0.3 is 0 Å². The molecule has 0 bridgehead atoms. The quantitative estimate of drug-likeness (QED) is 0.767. The molecule has 0 N–H and O–H groups in total. The van der Waals surface area contributed by atoms with Crippen molar-refractivity contribution >= 4 is 17.4 Å². The van der Waals surface area contributed by atoms with Gasteiger partial charge in [0.15, 0.2) is 0 Å². The van der Waals surface area contributed by atoms with Crippen LogP contribution in [0.3, 0.4) is 0 Å². The minimum Gasteiger partial charge on any atom is -0.355 e. The van der Waals surface area contributed by atoms with E-state index in [0.29, 0.717) is 16.0 Å². The van der Waals surface area contributed by atoms with Crippen LogP contribution in [0.25, 0.3) is 0 Å². The van der Waals surface area contributed by atoms with Crippen molar-refractivity contribution in [1.82, 2.24) is 4.98 Å². The van der Waals surface area contributed by atoms with Crippen LogP contribution in [0.15, 0.2) is 12.3 Å². The number of rotatable bonds is 1. The summed E-state index contributed by atoms with van der Waals surface area (Å²) in [5, 5.41) is 9.42. The molecule has 17 heavy (non-hydrogen) atoms. The topological polar surface area (TPSA) is 39.9 Å². The van der Waals surface area contributed by atoms with Gasteiger partial charge in [-0.05, 0) is 24.3 Å². The van der Waals surface area contributed by atoms with E-state index in [-0.39, 0.29) is 0 Å². The fraction of sp³-hybridized carbons (Fsp3) is 0.538. The molecule has 3 nitrogen and oxygen atoms in total. The van der Waals surface area contributed by atoms with Gasteiger partial charge in [0.2, 0.25) is 0 Å². The highest BCUT2D eigenvalue weighted by atomic mass is 35.5. The van der Waals surface area contributed by atoms with Gasteiger partial charge in [0.1, 0.15) is 16.9 Å². The predicted octanol–water partition coefficient (Wildman–Crippen LogP) is 3.23. The molecule has 1 fully saturated rings. The van der Waals surface area contributed by atoms with Gasteiger partial charge in [-0.15, -0.1) is 0 Å². The summed E-state index contributed by atoms with van der Waals surface area (Å²) in [5.74, 6) is 0.751. The fourth-order valence-electron chi connectivity index (χ4n) is 2.06. The number of nitriles is 1. The molecule has 2 rings (SSSR count). The van der Waals surface area contributed by atoms with Crippen LogP contribution in [-0.4, -0.2) is 18.1 Å². The van der Waals surface area contributed by atoms with Crippen molar-refractivity contribution in [3.8, 4) is 6.07 Å². The Balaban J connectivity index is 2.22. The second-order valence-electron chi connectivity index (χ2n) is 5.26. The Hall–Kier alpha value is -1.27. The molecule has 0 aromatic carbocycles. The Bertz CT molecular complexity index is 452. The number of anilines is 1. The van der Waals surface area contributed by atoms with E-state index < -0.39 is 0 Å². The first-order chi connectivity index (χ1) is 8.03. The lowest BCUT2D eigenvalue weighted by Crippen LogP contribution is -2.37. The Kier molecular flexibility index (Phi) is 3.26. The molecule has 1 aliphatic heterocycles. The van der Waals surface area contributed by atoms with Gasteiger partial charge in [-0.25, -0.2) is 4.98 Å². The summed E-state index contributed by atoms with van der Waals surface area (Å²) in [6.07, 6.45) is 3.91. The predicted molar refractivity (Wildman–Crippen MR) is 69.2 cm³/mol. The lowest BCUT2D eigenvalue weighted by Gasteiger charge is -2.37. The summed E-state index contributed by atoms with van der Waals surface area (Å²) in [7, 11) is 0. The number of halogens is 1. The Morgan fingerprint density at radius 1 is 1.41 bits per heavy atom. The minimum atomic E-state index is 0.399. The van der Waals surface area contributed by atoms with Crippen molar-refractivity contribution in [2.45, 2.75) is 26.7 Å². The molecule has 0 atom stereocenters.